The fraction of sp³-hybridized carbons (Fsp3) is 0.789. The van der Waals surface area contributed by atoms with E-state index in [0.717, 1.165) is 31.2 Å². The number of nitrogens with zero attached hydrogens (tertiary/aromatic N) is 4. The highest BCUT2D eigenvalue weighted by Gasteiger charge is 2.14. The standard InChI is InChI=1S/C19H36N6.HI/c1-15(14-18-16(2)23-24(5)17(18)3)22-19(20-4)21-10-13-25-11-8-6-7-9-12-25;/h15H,6-14H2,1-5H3,(H2,20,21,22);1H. The Morgan fingerprint density at radius 2 is 1.85 bits per heavy atom. The zero-order valence-electron chi connectivity index (χ0n) is 17.1. The fourth-order valence-electron chi connectivity index (χ4n) is 3.59. The van der Waals surface area contributed by atoms with Crippen LogP contribution in [0.1, 0.15) is 49.6 Å². The van der Waals surface area contributed by atoms with Crippen LogP contribution in [-0.4, -0.2) is 59.9 Å². The van der Waals surface area contributed by atoms with Crippen LogP contribution < -0.4 is 10.6 Å². The Morgan fingerprint density at radius 1 is 1.19 bits per heavy atom. The van der Waals surface area contributed by atoms with E-state index in [1.165, 1.54) is 50.0 Å². The van der Waals surface area contributed by atoms with E-state index in [-0.39, 0.29) is 24.0 Å². The normalized spacial score (nSPS) is 17.3. The molecule has 2 rings (SSSR count). The largest absolute Gasteiger partial charge is 0.355 e. The number of nitrogens with one attached hydrogen (secondary N) is 2. The second-order valence-corrected chi connectivity index (χ2v) is 7.28. The van der Waals surface area contributed by atoms with E-state index < -0.39 is 0 Å². The first-order valence-corrected chi connectivity index (χ1v) is 9.70. The van der Waals surface area contributed by atoms with Gasteiger partial charge in [0.25, 0.3) is 0 Å². The summed E-state index contributed by atoms with van der Waals surface area (Å²) in [5.41, 5.74) is 3.70. The molecule has 1 aromatic heterocycles. The lowest BCUT2D eigenvalue weighted by molar-refractivity contribution is 0.289. The van der Waals surface area contributed by atoms with Crippen LogP contribution in [0.4, 0.5) is 0 Å². The predicted octanol–water partition coefficient (Wildman–Crippen LogP) is 2.63. The molecule has 0 radical (unpaired) electrons. The number of rotatable bonds is 6. The minimum absolute atomic E-state index is 0. The molecule has 0 aromatic carbocycles. The first-order chi connectivity index (χ1) is 12.0. The highest BCUT2D eigenvalue weighted by molar-refractivity contribution is 14.0. The van der Waals surface area contributed by atoms with E-state index in [9.17, 15) is 0 Å². The summed E-state index contributed by atoms with van der Waals surface area (Å²) in [7, 11) is 3.85. The Morgan fingerprint density at radius 3 is 2.38 bits per heavy atom. The van der Waals surface area contributed by atoms with Crippen LogP contribution in [0.2, 0.25) is 0 Å². The zero-order chi connectivity index (χ0) is 18.2. The summed E-state index contributed by atoms with van der Waals surface area (Å²) in [6.45, 7) is 10.9. The Kier molecular flexibility index (Phi) is 10.5. The molecule has 2 heterocycles. The number of guanidine groups is 1. The van der Waals surface area contributed by atoms with Gasteiger partial charge in [-0.15, -0.1) is 24.0 Å². The molecular formula is C19H37IN6. The molecule has 1 unspecified atom stereocenters. The molecule has 1 fully saturated rings. The van der Waals surface area contributed by atoms with Crippen molar-refractivity contribution in [3.05, 3.63) is 17.0 Å². The number of aryl methyl sites for hydroxylation is 2. The second-order valence-electron chi connectivity index (χ2n) is 7.28. The van der Waals surface area contributed by atoms with Crippen LogP contribution in [0, 0.1) is 13.8 Å². The molecule has 1 aromatic rings. The number of aliphatic imine (C=N–C) groups is 1. The van der Waals surface area contributed by atoms with Gasteiger partial charge < -0.3 is 15.5 Å². The molecule has 1 saturated heterocycles. The van der Waals surface area contributed by atoms with Crippen LogP contribution in [0.15, 0.2) is 4.99 Å². The number of aromatic nitrogens is 2. The van der Waals surface area contributed by atoms with Gasteiger partial charge in [-0.2, -0.15) is 5.10 Å². The van der Waals surface area contributed by atoms with Crippen LogP contribution in [0.5, 0.6) is 0 Å². The lowest BCUT2D eigenvalue weighted by Crippen LogP contribution is -2.45. The third-order valence-corrected chi connectivity index (χ3v) is 5.20. The topological polar surface area (TPSA) is 57.5 Å². The molecule has 0 bridgehead atoms. The molecule has 150 valence electrons. The van der Waals surface area contributed by atoms with Crippen molar-refractivity contribution < 1.29 is 0 Å². The summed E-state index contributed by atoms with van der Waals surface area (Å²) in [6, 6.07) is 0.311. The van der Waals surface area contributed by atoms with Gasteiger partial charge in [0.2, 0.25) is 0 Å². The van der Waals surface area contributed by atoms with Crippen molar-refractivity contribution in [2.75, 3.05) is 33.2 Å². The van der Waals surface area contributed by atoms with Crippen LogP contribution in [0.25, 0.3) is 0 Å². The molecule has 0 amide bonds. The highest BCUT2D eigenvalue weighted by Crippen LogP contribution is 2.14. The third kappa shape index (κ3) is 7.06. The zero-order valence-corrected chi connectivity index (χ0v) is 19.5. The number of hydrogen-bond donors (Lipinski definition) is 2. The van der Waals surface area contributed by atoms with Gasteiger partial charge in [-0.1, -0.05) is 12.8 Å². The van der Waals surface area contributed by atoms with Crippen molar-refractivity contribution in [1.29, 1.82) is 0 Å². The Labute approximate surface area is 176 Å². The van der Waals surface area contributed by atoms with E-state index in [0.29, 0.717) is 6.04 Å². The molecule has 7 heteroatoms. The summed E-state index contributed by atoms with van der Waals surface area (Å²) in [5, 5.41) is 11.5. The van der Waals surface area contributed by atoms with Crippen LogP contribution in [-0.2, 0) is 13.5 Å². The summed E-state index contributed by atoms with van der Waals surface area (Å²) in [4.78, 5) is 6.94. The minimum atomic E-state index is 0. The summed E-state index contributed by atoms with van der Waals surface area (Å²) >= 11 is 0. The van der Waals surface area contributed by atoms with Gasteiger partial charge in [-0.3, -0.25) is 9.67 Å². The van der Waals surface area contributed by atoms with Gasteiger partial charge in [0.1, 0.15) is 0 Å². The van der Waals surface area contributed by atoms with E-state index in [1.54, 1.807) is 0 Å². The van der Waals surface area contributed by atoms with Crippen LogP contribution >= 0.6 is 24.0 Å². The third-order valence-electron chi connectivity index (χ3n) is 5.20. The Balaban J connectivity index is 0.00000338. The van der Waals surface area contributed by atoms with Gasteiger partial charge in [0.05, 0.1) is 5.69 Å². The van der Waals surface area contributed by atoms with Gasteiger partial charge in [0, 0.05) is 38.9 Å². The van der Waals surface area contributed by atoms with Gasteiger partial charge in [-0.05, 0) is 58.7 Å². The molecule has 2 N–H and O–H groups in total. The minimum Gasteiger partial charge on any atom is -0.355 e. The molecule has 1 atom stereocenters. The summed E-state index contributed by atoms with van der Waals surface area (Å²) < 4.78 is 1.96. The molecular weight excluding hydrogens is 439 g/mol. The van der Waals surface area contributed by atoms with Crippen molar-refractivity contribution in [2.24, 2.45) is 12.0 Å². The van der Waals surface area contributed by atoms with Crippen molar-refractivity contribution in [2.45, 2.75) is 58.9 Å². The highest BCUT2D eigenvalue weighted by atomic mass is 127. The lowest BCUT2D eigenvalue weighted by atomic mass is 10.1. The van der Waals surface area contributed by atoms with Gasteiger partial charge in [0.15, 0.2) is 5.96 Å². The molecule has 0 saturated carbocycles. The Hall–Kier alpha value is -0.830. The first kappa shape index (κ1) is 23.2. The average Bonchev–Trinajstić information content (AvgIpc) is 2.79. The van der Waals surface area contributed by atoms with E-state index >= 15 is 0 Å². The van der Waals surface area contributed by atoms with E-state index in [2.05, 4.69) is 46.4 Å². The van der Waals surface area contributed by atoms with Crippen molar-refractivity contribution in [3.63, 3.8) is 0 Å². The van der Waals surface area contributed by atoms with Crippen molar-refractivity contribution in [3.8, 4) is 0 Å². The lowest BCUT2D eigenvalue weighted by Gasteiger charge is -2.22. The SMILES string of the molecule is CN=C(NCCN1CCCCCC1)NC(C)Cc1c(C)nn(C)c1C.I. The van der Waals surface area contributed by atoms with Gasteiger partial charge >= 0.3 is 0 Å². The predicted molar refractivity (Wildman–Crippen MR) is 121 cm³/mol. The second kappa shape index (κ2) is 11.8. The maximum Gasteiger partial charge on any atom is 0.191 e. The molecule has 1 aliphatic heterocycles. The number of hydrogen-bond acceptors (Lipinski definition) is 3. The molecule has 0 aliphatic carbocycles. The molecule has 6 nitrogen and oxygen atoms in total. The molecule has 26 heavy (non-hydrogen) atoms. The number of likely N-dealkylation sites (tertiary alicyclic amines) is 1. The van der Waals surface area contributed by atoms with E-state index in [1.807, 2.05) is 18.8 Å². The van der Waals surface area contributed by atoms with Crippen molar-refractivity contribution >= 4 is 29.9 Å². The average molecular weight is 476 g/mol. The van der Waals surface area contributed by atoms with Crippen LogP contribution in [0.3, 0.4) is 0 Å². The maximum atomic E-state index is 4.51. The van der Waals surface area contributed by atoms with E-state index in [4.69, 9.17) is 0 Å². The summed E-state index contributed by atoms with van der Waals surface area (Å²) in [5.74, 6) is 0.890. The first-order valence-electron chi connectivity index (χ1n) is 9.70. The quantitative estimate of drug-likeness (QED) is 0.377. The molecule has 0 spiro atoms. The molecule has 1 aliphatic rings. The Bertz CT molecular complexity index is 561. The smallest absolute Gasteiger partial charge is 0.191 e. The van der Waals surface area contributed by atoms with Crippen molar-refractivity contribution in [1.82, 2.24) is 25.3 Å². The number of halogens is 1. The maximum absolute atomic E-state index is 4.51. The fourth-order valence-corrected chi connectivity index (χ4v) is 3.59. The monoisotopic (exact) mass is 476 g/mol. The summed E-state index contributed by atoms with van der Waals surface area (Å²) in [6.07, 6.45) is 6.41. The van der Waals surface area contributed by atoms with Gasteiger partial charge in [-0.25, -0.2) is 0 Å².